The highest BCUT2D eigenvalue weighted by molar-refractivity contribution is 5.83. The molecule has 5 nitrogen and oxygen atoms in total. The quantitative estimate of drug-likeness (QED) is 0.746. The molecule has 2 saturated carbocycles. The number of carboxylic acid groups (broad SMARTS) is 1. The zero-order chi connectivity index (χ0) is 15.8. The van der Waals surface area contributed by atoms with E-state index in [0.717, 1.165) is 32.1 Å². The summed E-state index contributed by atoms with van der Waals surface area (Å²) in [5.74, 6) is -0.829. The molecular weight excluding hydrogens is 268 g/mol. The summed E-state index contributed by atoms with van der Waals surface area (Å²) in [7, 11) is 0. The Balaban J connectivity index is 1.91. The fraction of sp³-hybridized carbons (Fsp3) is 0.875. The van der Waals surface area contributed by atoms with Gasteiger partial charge in [0.2, 0.25) is 0 Å². The average Bonchev–Trinajstić information content (AvgIpc) is 3.04. The normalized spacial score (nSPS) is 25.9. The van der Waals surface area contributed by atoms with E-state index in [-0.39, 0.29) is 28.8 Å². The second-order valence-corrected chi connectivity index (χ2v) is 8.38. The second kappa shape index (κ2) is 5.50. The summed E-state index contributed by atoms with van der Waals surface area (Å²) in [5.41, 5.74) is 0.394. The molecule has 21 heavy (non-hydrogen) atoms. The average molecular weight is 296 g/mol. The van der Waals surface area contributed by atoms with Crippen molar-refractivity contribution in [3.8, 4) is 0 Å². The molecule has 0 aromatic heterocycles. The van der Waals surface area contributed by atoms with E-state index < -0.39 is 12.0 Å². The molecule has 0 aromatic carbocycles. The van der Waals surface area contributed by atoms with Crippen LogP contribution < -0.4 is 10.6 Å². The van der Waals surface area contributed by atoms with Gasteiger partial charge in [-0.25, -0.2) is 9.59 Å². The molecule has 0 bridgehead atoms. The number of rotatable bonds is 4. The van der Waals surface area contributed by atoms with Crippen LogP contribution in [0.25, 0.3) is 0 Å². The number of carboxylic acids is 1. The summed E-state index contributed by atoms with van der Waals surface area (Å²) in [6, 6.07) is -0.972. The standard InChI is InChI=1S/C16H28N2O3/c1-15(2)7-11(8-16(3,4)9-15)17-14(21)18-12(13(19)20)10-5-6-10/h10-12H,5-9H2,1-4H3,(H,19,20)(H2,17,18,21). The Hall–Kier alpha value is -1.26. The van der Waals surface area contributed by atoms with Gasteiger partial charge in [0, 0.05) is 6.04 Å². The summed E-state index contributed by atoms with van der Waals surface area (Å²) >= 11 is 0. The lowest BCUT2D eigenvalue weighted by Crippen LogP contribution is -2.53. The zero-order valence-electron chi connectivity index (χ0n) is 13.5. The van der Waals surface area contributed by atoms with Gasteiger partial charge in [0.05, 0.1) is 0 Å². The Morgan fingerprint density at radius 2 is 1.62 bits per heavy atom. The molecule has 1 unspecified atom stereocenters. The van der Waals surface area contributed by atoms with Crippen LogP contribution in [0.4, 0.5) is 4.79 Å². The first-order valence-corrected chi connectivity index (χ1v) is 7.88. The van der Waals surface area contributed by atoms with Crippen molar-refractivity contribution in [1.82, 2.24) is 10.6 Å². The van der Waals surface area contributed by atoms with Gasteiger partial charge in [-0.05, 0) is 48.9 Å². The van der Waals surface area contributed by atoms with Crippen LogP contribution >= 0.6 is 0 Å². The van der Waals surface area contributed by atoms with Crippen LogP contribution in [-0.4, -0.2) is 29.2 Å². The molecular formula is C16H28N2O3. The third kappa shape index (κ3) is 4.61. The molecule has 2 fully saturated rings. The molecule has 2 aliphatic carbocycles. The maximum atomic E-state index is 12.1. The maximum absolute atomic E-state index is 12.1. The third-order valence-electron chi connectivity index (χ3n) is 4.54. The molecule has 1 atom stereocenters. The fourth-order valence-corrected chi connectivity index (χ4v) is 4.13. The number of amides is 2. The molecule has 0 spiro atoms. The Morgan fingerprint density at radius 3 is 2.05 bits per heavy atom. The van der Waals surface area contributed by atoms with Crippen molar-refractivity contribution >= 4 is 12.0 Å². The first-order valence-electron chi connectivity index (χ1n) is 7.88. The van der Waals surface area contributed by atoms with Crippen molar-refractivity contribution in [2.75, 3.05) is 0 Å². The molecule has 5 heteroatoms. The molecule has 0 saturated heterocycles. The molecule has 0 aromatic rings. The van der Waals surface area contributed by atoms with E-state index in [4.69, 9.17) is 5.11 Å². The van der Waals surface area contributed by atoms with E-state index in [1.807, 2.05) is 0 Å². The molecule has 2 aliphatic rings. The summed E-state index contributed by atoms with van der Waals surface area (Å²) in [6.07, 6.45) is 4.79. The predicted octanol–water partition coefficient (Wildman–Crippen LogP) is 2.75. The minimum Gasteiger partial charge on any atom is -0.480 e. The molecule has 0 radical (unpaired) electrons. The number of nitrogens with one attached hydrogen (secondary N) is 2. The van der Waals surface area contributed by atoms with E-state index in [1.165, 1.54) is 0 Å². The van der Waals surface area contributed by atoms with E-state index >= 15 is 0 Å². The van der Waals surface area contributed by atoms with Crippen LogP contribution in [-0.2, 0) is 4.79 Å². The van der Waals surface area contributed by atoms with Gasteiger partial charge in [-0.15, -0.1) is 0 Å². The predicted molar refractivity (Wildman–Crippen MR) is 81.0 cm³/mol. The molecule has 0 heterocycles. The number of carbonyl (C=O) groups is 2. The largest absolute Gasteiger partial charge is 0.480 e. The lowest BCUT2D eigenvalue weighted by atomic mass is 9.63. The molecule has 3 N–H and O–H groups in total. The van der Waals surface area contributed by atoms with Gasteiger partial charge in [0.15, 0.2) is 0 Å². The van der Waals surface area contributed by atoms with E-state index in [2.05, 4.69) is 38.3 Å². The van der Waals surface area contributed by atoms with Crippen LogP contribution in [0.5, 0.6) is 0 Å². The van der Waals surface area contributed by atoms with Gasteiger partial charge in [-0.1, -0.05) is 27.7 Å². The highest BCUT2D eigenvalue weighted by Crippen LogP contribution is 2.45. The van der Waals surface area contributed by atoms with Gasteiger partial charge in [-0.3, -0.25) is 0 Å². The first kappa shape index (κ1) is 16.1. The van der Waals surface area contributed by atoms with E-state index in [1.54, 1.807) is 0 Å². The number of aliphatic carboxylic acids is 1. The monoisotopic (exact) mass is 296 g/mol. The Labute approximate surface area is 126 Å². The smallest absolute Gasteiger partial charge is 0.326 e. The van der Waals surface area contributed by atoms with Gasteiger partial charge < -0.3 is 15.7 Å². The second-order valence-electron chi connectivity index (χ2n) is 8.38. The summed E-state index contributed by atoms with van der Waals surface area (Å²) in [6.45, 7) is 8.91. The van der Waals surface area contributed by atoms with Crippen LogP contribution in [0.2, 0.25) is 0 Å². The van der Waals surface area contributed by atoms with Crippen LogP contribution in [0, 0.1) is 16.7 Å². The molecule has 2 amide bonds. The van der Waals surface area contributed by atoms with Crippen molar-refractivity contribution in [3.05, 3.63) is 0 Å². The number of hydrogen-bond acceptors (Lipinski definition) is 2. The van der Waals surface area contributed by atoms with Gasteiger partial charge in [0.1, 0.15) is 6.04 Å². The van der Waals surface area contributed by atoms with Gasteiger partial charge >= 0.3 is 12.0 Å². The maximum Gasteiger partial charge on any atom is 0.326 e. The Morgan fingerprint density at radius 1 is 1.10 bits per heavy atom. The highest BCUT2D eigenvalue weighted by Gasteiger charge is 2.40. The number of urea groups is 1. The molecule has 120 valence electrons. The SMILES string of the molecule is CC1(C)CC(NC(=O)NC(C(=O)O)C2CC2)CC(C)(C)C1. The van der Waals surface area contributed by atoms with Crippen molar-refractivity contribution in [2.24, 2.45) is 16.7 Å². The van der Waals surface area contributed by atoms with Crippen molar-refractivity contribution in [3.63, 3.8) is 0 Å². The summed E-state index contributed by atoms with van der Waals surface area (Å²) in [5, 5.41) is 14.8. The topological polar surface area (TPSA) is 78.4 Å². The third-order valence-corrected chi connectivity index (χ3v) is 4.54. The lowest BCUT2D eigenvalue weighted by Gasteiger charge is -2.45. The number of hydrogen-bond donors (Lipinski definition) is 3. The van der Waals surface area contributed by atoms with E-state index in [9.17, 15) is 9.59 Å². The highest BCUT2D eigenvalue weighted by atomic mass is 16.4. The molecule has 2 rings (SSSR count). The van der Waals surface area contributed by atoms with Gasteiger partial charge in [-0.2, -0.15) is 0 Å². The number of carbonyl (C=O) groups excluding carboxylic acids is 1. The van der Waals surface area contributed by atoms with Crippen molar-refractivity contribution in [2.45, 2.75) is 71.9 Å². The summed E-state index contributed by atoms with van der Waals surface area (Å²) < 4.78 is 0. The van der Waals surface area contributed by atoms with Crippen LogP contribution in [0.1, 0.15) is 59.8 Å². The zero-order valence-corrected chi connectivity index (χ0v) is 13.5. The Bertz CT molecular complexity index is 411. The Kier molecular flexibility index (Phi) is 4.22. The lowest BCUT2D eigenvalue weighted by molar-refractivity contribution is -0.139. The molecule has 0 aliphatic heterocycles. The van der Waals surface area contributed by atoms with Crippen LogP contribution in [0.15, 0.2) is 0 Å². The van der Waals surface area contributed by atoms with Crippen LogP contribution in [0.3, 0.4) is 0 Å². The van der Waals surface area contributed by atoms with Crippen molar-refractivity contribution < 1.29 is 14.7 Å². The minimum atomic E-state index is -0.933. The minimum absolute atomic E-state index is 0.104. The van der Waals surface area contributed by atoms with Gasteiger partial charge in [0.25, 0.3) is 0 Å². The van der Waals surface area contributed by atoms with Crippen molar-refractivity contribution in [1.29, 1.82) is 0 Å². The van der Waals surface area contributed by atoms with E-state index in [0.29, 0.717) is 0 Å². The summed E-state index contributed by atoms with van der Waals surface area (Å²) in [4.78, 5) is 23.3. The first-order chi connectivity index (χ1) is 9.58. The fourth-order valence-electron chi connectivity index (χ4n) is 4.13.